The molecule has 30 heavy (non-hydrogen) atoms. The standard InChI is InChI=1S/C21H23N7O2/c1-13(19(23)29)25-18-11-17(20(24)30)26-21(27-18)28-8-6-15(7-9-28)10-14-2-4-16(12-22)5-3-14/h2-5,8,11,13,15H,6-7,9-10H2,1H3,(H4-,23,24,25,26,27,29,30)/p+1/t13-,15?/m0/s1. The normalized spacial score (nSPS) is 16.8. The number of carbonyl (C=O) groups excluding carboxylic acids is 2. The minimum absolute atomic E-state index is 0.0623. The molecule has 2 atom stereocenters. The first kappa shape index (κ1) is 20.9. The number of nitrogens with one attached hydrogen (secondary N) is 1. The fraction of sp³-hybridized carbons (Fsp3) is 0.333. The van der Waals surface area contributed by atoms with Gasteiger partial charge in [0, 0.05) is 12.3 Å². The topological polar surface area (TPSA) is 151 Å². The van der Waals surface area contributed by atoms with Gasteiger partial charge in [-0.1, -0.05) is 22.1 Å². The summed E-state index contributed by atoms with van der Waals surface area (Å²) in [6.07, 6.45) is 4.67. The van der Waals surface area contributed by atoms with Crippen molar-refractivity contribution in [3.05, 3.63) is 47.2 Å². The van der Waals surface area contributed by atoms with Gasteiger partial charge < -0.3 is 16.8 Å². The van der Waals surface area contributed by atoms with Gasteiger partial charge in [-0.25, -0.2) is 4.58 Å². The van der Waals surface area contributed by atoms with Crippen LogP contribution in [-0.4, -0.2) is 45.2 Å². The monoisotopic (exact) mass is 406 g/mol. The van der Waals surface area contributed by atoms with Crippen LogP contribution >= 0.6 is 0 Å². The van der Waals surface area contributed by atoms with Crippen molar-refractivity contribution in [2.24, 2.45) is 17.4 Å². The average molecular weight is 406 g/mol. The number of benzene rings is 1. The van der Waals surface area contributed by atoms with Crippen molar-refractivity contribution < 1.29 is 14.2 Å². The number of anilines is 1. The maximum atomic E-state index is 11.7. The lowest BCUT2D eigenvalue weighted by atomic mass is 9.91. The molecule has 0 fully saturated rings. The summed E-state index contributed by atoms with van der Waals surface area (Å²) in [6.45, 7) is 2.29. The van der Waals surface area contributed by atoms with E-state index in [-0.39, 0.29) is 5.69 Å². The summed E-state index contributed by atoms with van der Waals surface area (Å²) in [7, 11) is 0. The molecule has 1 aliphatic heterocycles. The number of aromatic nitrogens is 2. The van der Waals surface area contributed by atoms with Crippen molar-refractivity contribution >= 4 is 29.8 Å². The van der Waals surface area contributed by atoms with E-state index in [2.05, 4.69) is 21.4 Å². The number of nitriles is 1. The van der Waals surface area contributed by atoms with Gasteiger partial charge in [-0.3, -0.25) is 9.59 Å². The smallest absolute Gasteiger partial charge is 0.368 e. The Morgan fingerprint density at radius 1 is 1.30 bits per heavy atom. The van der Waals surface area contributed by atoms with Gasteiger partial charge in [0.05, 0.1) is 18.2 Å². The Morgan fingerprint density at radius 3 is 2.60 bits per heavy atom. The highest BCUT2D eigenvalue weighted by Crippen LogP contribution is 2.22. The van der Waals surface area contributed by atoms with Gasteiger partial charge in [-0.2, -0.15) is 5.26 Å². The molecule has 9 heteroatoms. The predicted octanol–water partition coefficient (Wildman–Crippen LogP) is 1.10. The van der Waals surface area contributed by atoms with E-state index < -0.39 is 17.9 Å². The molecule has 0 spiro atoms. The molecular weight excluding hydrogens is 382 g/mol. The van der Waals surface area contributed by atoms with Crippen molar-refractivity contribution in [3.8, 4) is 6.07 Å². The lowest BCUT2D eigenvalue weighted by Crippen LogP contribution is -2.33. The quantitative estimate of drug-likeness (QED) is 0.586. The Kier molecular flexibility index (Phi) is 6.37. The number of hydrogen-bond acceptors (Lipinski definition) is 6. The molecule has 0 aliphatic carbocycles. The van der Waals surface area contributed by atoms with E-state index in [0.29, 0.717) is 29.8 Å². The van der Waals surface area contributed by atoms with Gasteiger partial charge in [0.1, 0.15) is 6.04 Å². The van der Waals surface area contributed by atoms with Gasteiger partial charge >= 0.3 is 5.95 Å². The number of nitrogens with two attached hydrogens (primary N) is 2. The Hall–Kier alpha value is -3.80. The average Bonchev–Trinajstić information content (AvgIpc) is 2.74. The second kappa shape index (κ2) is 9.13. The van der Waals surface area contributed by atoms with E-state index >= 15 is 0 Å². The summed E-state index contributed by atoms with van der Waals surface area (Å²) in [5.74, 6) is -0.0911. The van der Waals surface area contributed by atoms with E-state index in [0.717, 1.165) is 19.3 Å². The van der Waals surface area contributed by atoms with Crippen LogP contribution in [0.4, 0.5) is 11.8 Å². The molecule has 154 valence electrons. The lowest BCUT2D eigenvalue weighted by Gasteiger charge is -2.20. The second-order valence-corrected chi connectivity index (χ2v) is 7.35. The maximum absolute atomic E-state index is 11.7. The van der Waals surface area contributed by atoms with Crippen LogP contribution < -0.4 is 16.8 Å². The lowest BCUT2D eigenvalue weighted by molar-refractivity contribution is -0.452. The largest absolute Gasteiger partial charge is 0.435 e. The summed E-state index contributed by atoms with van der Waals surface area (Å²) in [4.78, 5) is 31.7. The Morgan fingerprint density at radius 2 is 2.03 bits per heavy atom. The zero-order valence-electron chi connectivity index (χ0n) is 16.7. The van der Waals surface area contributed by atoms with E-state index in [1.54, 1.807) is 6.92 Å². The molecule has 5 N–H and O–H groups in total. The molecule has 2 heterocycles. The van der Waals surface area contributed by atoms with Gasteiger partial charge in [0.25, 0.3) is 5.91 Å². The van der Waals surface area contributed by atoms with Crippen LogP contribution in [-0.2, 0) is 11.2 Å². The Bertz CT molecular complexity index is 1020. The molecule has 0 saturated heterocycles. The first-order valence-corrected chi connectivity index (χ1v) is 9.69. The van der Waals surface area contributed by atoms with Gasteiger partial charge in [-0.15, -0.1) is 0 Å². The zero-order chi connectivity index (χ0) is 21.7. The third kappa shape index (κ3) is 5.17. The fourth-order valence-electron chi connectivity index (χ4n) is 3.28. The first-order valence-electron chi connectivity index (χ1n) is 9.69. The van der Waals surface area contributed by atoms with Crippen LogP contribution in [0.2, 0.25) is 0 Å². The van der Waals surface area contributed by atoms with Gasteiger partial charge in [0.2, 0.25) is 17.4 Å². The second-order valence-electron chi connectivity index (χ2n) is 7.35. The number of rotatable bonds is 7. The maximum Gasteiger partial charge on any atom is 0.435 e. The van der Waals surface area contributed by atoms with Gasteiger partial charge in [0.15, 0.2) is 0 Å². The van der Waals surface area contributed by atoms with Crippen LogP contribution in [0.1, 0.15) is 41.4 Å². The van der Waals surface area contributed by atoms with E-state index in [1.807, 2.05) is 35.1 Å². The summed E-state index contributed by atoms with van der Waals surface area (Å²) in [6, 6.07) is 10.5. The van der Waals surface area contributed by atoms with E-state index in [1.165, 1.54) is 11.6 Å². The summed E-state index contributed by atoms with van der Waals surface area (Å²) in [5, 5.41) is 11.8. The first-order chi connectivity index (χ1) is 14.4. The van der Waals surface area contributed by atoms with Crippen molar-refractivity contribution in [2.45, 2.75) is 32.2 Å². The molecule has 3 rings (SSSR count). The third-order valence-electron chi connectivity index (χ3n) is 5.06. The number of primary amides is 2. The van der Waals surface area contributed by atoms with Crippen LogP contribution in [0, 0.1) is 17.2 Å². The third-order valence-corrected chi connectivity index (χ3v) is 5.06. The van der Waals surface area contributed by atoms with Crippen LogP contribution in [0.15, 0.2) is 30.3 Å². The van der Waals surface area contributed by atoms with Crippen LogP contribution in [0.3, 0.4) is 0 Å². The van der Waals surface area contributed by atoms with Crippen molar-refractivity contribution in [1.82, 2.24) is 9.97 Å². The molecule has 0 saturated carbocycles. The zero-order valence-corrected chi connectivity index (χ0v) is 16.7. The predicted molar refractivity (Wildman–Crippen MR) is 111 cm³/mol. The molecule has 9 nitrogen and oxygen atoms in total. The molecule has 2 amide bonds. The molecule has 0 bridgehead atoms. The minimum atomic E-state index is -0.677. The SMILES string of the molecule is C[C@H](Nc1cc(C(N)=O)nc([N+]2=CCC(Cc3ccc(C#N)cc3)CC2)n1)C(N)=O. The molecule has 0 radical (unpaired) electrons. The van der Waals surface area contributed by atoms with Crippen molar-refractivity contribution in [1.29, 1.82) is 5.26 Å². The summed E-state index contributed by atoms with van der Waals surface area (Å²) >= 11 is 0. The summed E-state index contributed by atoms with van der Waals surface area (Å²) < 4.78 is 1.89. The molecule has 1 aromatic heterocycles. The Labute approximate surface area is 174 Å². The molecule has 1 unspecified atom stereocenters. The van der Waals surface area contributed by atoms with Gasteiger partial charge in [-0.05, 0) is 49.8 Å². The van der Waals surface area contributed by atoms with Crippen LogP contribution in [0.25, 0.3) is 0 Å². The molecule has 1 aliphatic rings. The highest BCUT2D eigenvalue weighted by molar-refractivity contribution is 5.92. The molecule has 2 aromatic rings. The van der Waals surface area contributed by atoms with E-state index in [4.69, 9.17) is 16.7 Å². The number of nitrogens with zero attached hydrogens (tertiary/aromatic N) is 4. The van der Waals surface area contributed by atoms with Crippen molar-refractivity contribution in [3.63, 3.8) is 0 Å². The number of amides is 2. The fourth-order valence-corrected chi connectivity index (χ4v) is 3.28. The number of carbonyl (C=O) groups is 2. The van der Waals surface area contributed by atoms with Crippen LogP contribution in [0.5, 0.6) is 0 Å². The minimum Gasteiger partial charge on any atom is -0.368 e. The highest BCUT2D eigenvalue weighted by Gasteiger charge is 2.25. The number of hydrogen-bond donors (Lipinski definition) is 3. The molecular formula is C21H24N7O2+. The van der Waals surface area contributed by atoms with Crippen molar-refractivity contribution in [2.75, 3.05) is 11.9 Å². The molecule has 1 aromatic carbocycles. The Balaban J connectivity index is 1.75. The highest BCUT2D eigenvalue weighted by atomic mass is 16.1. The summed E-state index contributed by atoms with van der Waals surface area (Å²) in [5.41, 5.74) is 12.6. The van der Waals surface area contributed by atoms with E-state index in [9.17, 15) is 9.59 Å².